The van der Waals surface area contributed by atoms with Gasteiger partial charge in [-0.05, 0) is 66.7 Å². The minimum absolute atomic E-state index is 0.109. The number of fused-ring (bicyclic) bond motifs is 10. The summed E-state index contributed by atoms with van der Waals surface area (Å²) in [5.74, 6) is 0. The molecule has 0 saturated carbocycles. The molecule has 6 aromatic carbocycles. The lowest BCUT2D eigenvalue weighted by Gasteiger charge is -2.37. The van der Waals surface area contributed by atoms with Crippen LogP contribution in [-0.4, -0.2) is 6.71 Å². The van der Waals surface area contributed by atoms with Crippen LogP contribution >= 0.6 is 23.5 Å². The molecule has 0 amide bonds. The van der Waals surface area contributed by atoms with Gasteiger partial charge in [0.15, 0.2) is 0 Å². The monoisotopic (exact) mass is 558 g/mol. The van der Waals surface area contributed by atoms with Gasteiger partial charge in [0, 0.05) is 31.0 Å². The molecule has 0 spiro atoms. The van der Waals surface area contributed by atoms with Crippen molar-refractivity contribution in [2.24, 2.45) is 0 Å². The average Bonchev–Trinajstić information content (AvgIpc) is 3.03. The maximum absolute atomic E-state index is 2.46. The van der Waals surface area contributed by atoms with Crippen molar-refractivity contribution in [1.82, 2.24) is 0 Å². The molecule has 2 nitrogen and oxygen atoms in total. The molecule has 0 fully saturated rings. The van der Waals surface area contributed by atoms with Gasteiger partial charge in [-0.3, -0.25) is 0 Å². The molecule has 3 aliphatic rings. The summed E-state index contributed by atoms with van der Waals surface area (Å²) in [6.07, 6.45) is 0. The second kappa shape index (κ2) is 9.10. The molecule has 3 aliphatic heterocycles. The molecule has 0 radical (unpaired) electrons. The Labute approximate surface area is 248 Å². The second-order valence-electron chi connectivity index (χ2n) is 10.6. The van der Waals surface area contributed by atoms with Crippen molar-refractivity contribution < 1.29 is 0 Å². The van der Waals surface area contributed by atoms with Crippen LogP contribution in [0.15, 0.2) is 159 Å². The van der Waals surface area contributed by atoms with Crippen molar-refractivity contribution in [2.45, 2.75) is 19.6 Å². The van der Waals surface area contributed by atoms with Crippen molar-refractivity contribution in [3.05, 3.63) is 140 Å². The van der Waals surface area contributed by atoms with Crippen LogP contribution in [0.1, 0.15) is 0 Å². The number of para-hydroxylation sites is 2. The van der Waals surface area contributed by atoms with Crippen LogP contribution in [-0.2, 0) is 0 Å². The number of anilines is 6. The van der Waals surface area contributed by atoms with Gasteiger partial charge in [-0.2, -0.15) is 0 Å². The van der Waals surface area contributed by atoms with Crippen LogP contribution in [0.2, 0.25) is 0 Å². The molecule has 0 unspecified atom stereocenters. The number of hydrogen-bond acceptors (Lipinski definition) is 4. The Bertz CT molecular complexity index is 1870. The van der Waals surface area contributed by atoms with Crippen LogP contribution < -0.4 is 26.2 Å². The van der Waals surface area contributed by atoms with E-state index in [-0.39, 0.29) is 6.71 Å². The Hall–Kier alpha value is -4.32. The molecule has 41 heavy (non-hydrogen) atoms. The van der Waals surface area contributed by atoms with E-state index >= 15 is 0 Å². The molecule has 9 rings (SSSR count). The second-order valence-corrected chi connectivity index (χ2v) is 12.8. The first kappa shape index (κ1) is 23.4. The fraction of sp³-hybridized carbons (Fsp3) is 0. The average molecular weight is 559 g/mol. The van der Waals surface area contributed by atoms with Crippen molar-refractivity contribution in [3.8, 4) is 0 Å². The number of benzene rings is 6. The van der Waals surface area contributed by atoms with Gasteiger partial charge >= 0.3 is 0 Å². The number of nitrogens with zero attached hydrogens (tertiary/aromatic N) is 2. The van der Waals surface area contributed by atoms with Crippen molar-refractivity contribution in [1.29, 1.82) is 0 Å². The molecule has 0 saturated heterocycles. The first-order valence-corrected chi connectivity index (χ1v) is 15.5. The normalized spacial score (nSPS) is 14.0. The molecule has 5 heteroatoms. The molecule has 0 aromatic heterocycles. The van der Waals surface area contributed by atoms with Crippen molar-refractivity contribution in [2.75, 3.05) is 9.80 Å². The van der Waals surface area contributed by atoms with E-state index in [0.29, 0.717) is 0 Å². The molecule has 6 bridgehead atoms. The van der Waals surface area contributed by atoms with E-state index in [1.54, 1.807) is 0 Å². The van der Waals surface area contributed by atoms with E-state index in [9.17, 15) is 0 Å². The Morgan fingerprint density at radius 1 is 0.366 bits per heavy atom. The van der Waals surface area contributed by atoms with Gasteiger partial charge in [0.05, 0.1) is 22.7 Å². The van der Waals surface area contributed by atoms with E-state index < -0.39 is 0 Å². The highest BCUT2D eigenvalue weighted by Gasteiger charge is 2.32. The highest BCUT2D eigenvalue weighted by atomic mass is 32.2. The van der Waals surface area contributed by atoms with E-state index in [2.05, 4.69) is 149 Å². The zero-order valence-electron chi connectivity index (χ0n) is 22.1. The minimum Gasteiger partial charge on any atom is -0.308 e. The van der Waals surface area contributed by atoms with Gasteiger partial charge in [0.25, 0.3) is 0 Å². The third-order valence-corrected chi connectivity index (χ3v) is 10.5. The fourth-order valence-electron chi connectivity index (χ4n) is 6.45. The molecular formula is C36H23BN2S2. The van der Waals surface area contributed by atoms with Crippen LogP contribution in [0.4, 0.5) is 34.1 Å². The first-order valence-electron chi connectivity index (χ1n) is 13.9. The highest BCUT2D eigenvalue weighted by Crippen LogP contribution is 2.54. The fourth-order valence-corrected chi connectivity index (χ4v) is 8.53. The van der Waals surface area contributed by atoms with Gasteiger partial charge in [-0.25, -0.2) is 0 Å². The predicted octanol–water partition coefficient (Wildman–Crippen LogP) is 8.39. The van der Waals surface area contributed by atoms with Crippen LogP contribution in [0.5, 0.6) is 0 Å². The lowest BCUT2D eigenvalue weighted by Crippen LogP contribution is -2.52. The Balaban J connectivity index is 1.39. The summed E-state index contributed by atoms with van der Waals surface area (Å²) in [7, 11) is 0. The summed E-state index contributed by atoms with van der Waals surface area (Å²) >= 11 is 3.72. The third kappa shape index (κ3) is 3.63. The molecule has 0 atom stereocenters. The Morgan fingerprint density at radius 3 is 1.41 bits per heavy atom. The third-order valence-electron chi connectivity index (χ3n) is 8.25. The van der Waals surface area contributed by atoms with E-state index in [1.165, 1.54) is 70.1 Å². The van der Waals surface area contributed by atoms with E-state index in [1.807, 2.05) is 23.5 Å². The summed E-state index contributed by atoms with van der Waals surface area (Å²) < 4.78 is 0. The summed E-state index contributed by atoms with van der Waals surface area (Å²) in [6, 6.07) is 51.7. The van der Waals surface area contributed by atoms with Crippen LogP contribution in [0, 0.1) is 0 Å². The smallest absolute Gasteiger partial charge is 0.241 e. The summed E-state index contributed by atoms with van der Waals surface area (Å²) in [4.78, 5) is 10.0. The SMILES string of the molecule is c1ccc(B2c3ccc4c(c3)N(c3cccc(c3)N3c5ccccc5Sc5ccc2cc53)c2ccccc2S4)cc1. The lowest BCUT2D eigenvalue weighted by atomic mass is 9.37. The lowest BCUT2D eigenvalue weighted by molar-refractivity contribution is 1.15. The zero-order chi connectivity index (χ0) is 26.9. The summed E-state index contributed by atoms with van der Waals surface area (Å²) in [6.45, 7) is 0.109. The van der Waals surface area contributed by atoms with E-state index in [0.717, 1.165) is 0 Å². The maximum Gasteiger partial charge on any atom is 0.241 e. The van der Waals surface area contributed by atoms with Gasteiger partial charge in [0.1, 0.15) is 0 Å². The van der Waals surface area contributed by atoms with Gasteiger partial charge < -0.3 is 9.80 Å². The van der Waals surface area contributed by atoms with Gasteiger partial charge in [0.2, 0.25) is 6.71 Å². The minimum atomic E-state index is 0.109. The predicted molar refractivity (Wildman–Crippen MR) is 175 cm³/mol. The molecular weight excluding hydrogens is 535 g/mol. The quantitative estimate of drug-likeness (QED) is 0.187. The van der Waals surface area contributed by atoms with Crippen LogP contribution in [0.3, 0.4) is 0 Å². The maximum atomic E-state index is 2.46. The van der Waals surface area contributed by atoms with Crippen molar-refractivity contribution in [3.63, 3.8) is 0 Å². The molecule has 192 valence electrons. The summed E-state index contributed by atoms with van der Waals surface area (Å²) in [5.41, 5.74) is 11.1. The number of hydrogen-bond donors (Lipinski definition) is 0. The molecule has 0 aliphatic carbocycles. The Morgan fingerprint density at radius 2 is 0.854 bits per heavy atom. The van der Waals surface area contributed by atoms with Gasteiger partial charge in [-0.15, -0.1) is 0 Å². The highest BCUT2D eigenvalue weighted by molar-refractivity contribution is 8.00. The first-order chi connectivity index (χ1) is 20.3. The number of rotatable bonds is 1. The summed E-state index contributed by atoms with van der Waals surface area (Å²) in [5, 5.41) is 0. The van der Waals surface area contributed by atoms with Crippen molar-refractivity contribution >= 4 is 80.7 Å². The molecule has 3 heterocycles. The molecule has 0 N–H and O–H groups in total. The topological polar surface area (TPSA) is 6.48 Å². The van der Waals surface area contributed by atoms with Gasteiger partial charge in [-0.1, -0.05) is 113 Å². The Kier molecular flexibility index (Phi) is 5.19. The standard InChI is InChI=1S/C36H23BN2S2/c1-2-9-24(10-3-1)37-25-17-19-35-31(21-25)38(29-13-4-6-15-33(29)40-35)27-11-8-12-28(23-27)39-30-14-5-7-16-34(30)41-36-20-18-26(37)22-32(36)39/h1-23H. The zero-order valence-corrected chi connectivity index (χ0v) is 23.7. The largest absolute Gasteiger partial charge is 0.308 e. The van der Waals surface area contributed by atoms with E-state index in [4.69, 9.17) is 0 Å². The molecule has 6 aromatic rings. The van der Waals surface area contributed by atoms with Crippen LogP contribution in [0.25, 0.3) is 0 Å².